The zero-order valence-corrected chi connectivity index (χ0v) is 38.6. The van der Waals surface area contributed by atoms with E-state index in [1.807, 2.05) is 12.2 Å². The first kappa shape index (κ1) is 40.0. The van der Waals surface area contributed by atoms with Gasteiger partial charge in [0, 0.05) is 46.5 Å². The first-order chi connectivity index (χ1) is 31.6. The number of benzene rings is 6. The second-order valence-corrected chi connectivity index (χ2v) is 20.5. The van der Waals surface area contributed by atoms with Crippen molar-refractivity contribution in [3.05, 3.63) is 214 Å². The smallest absolute Gasteiger partial charge is 0.139 e. The highest BCUT2D eigenvalue weighted by Crippen LogP contribution is 2.62. The van der Waals surface area contributed by atoms with E-state index in [9.17, 15) is 0 Å². The predicted octanol–water partition coefficient (Wildman–Crippen LogP) is 16.0. The summed E-state index contributed by atoms with van der Waals surface area (Å²) in [5.74, 6) is 1.92. The average Bonchev–Trinajstić information content (AvgIpc) is 3.91. The maximum Gasteiger partial charge on any atom is 0.139 e. The van der Waals surface area contributed by atoms with E-state index in [0.29, 0.717) is 12.0 Å². The van der Waals surface area contributed by atoms with Crippen LogP contribution in [0, 0.1) is 18.8 Å². The lowest BCUT2D eigenvalue weighted by molar-refractivity contribution is 0.338. The standard InChI is InChI=1S/C63H57NO/c1-8-9-20-38(2)56-39(3)44-24-14-13-21-40(44)35-52(56)49-28-19-29-51-58-60(63(6,7)59(49)51)48-27-16-15-26-47(48)57-50-34-32-43(37-55(50)65-61(57)58)64(41-22-11-10-12-23-41)42-31-33-46-45-25-17-18-30-53(45)62(4,5)54(46)36-42/h8-19,21-30,32-35,42-43,51,54,59H,1,31,36-37H2,2-7H3. The molecule has 0 radical (unpaired) electrons. The van der Waals surface area contributed by atoms with Gasteiger partial charge in [0.1, 0.15) is 11.3 Å². The van der Waals surface area contributed by atoms with E-state index in [1.165, 1.54) is 82.7 Å². The van der Waals surface area contributed by atoms with Crippen molar-refractivity contribution in [3.8, 4) is 0 Å². The van der Waals surface area contributed by atoms with Crippen LogP contribution in [0.3, 0.4) is 0 Å². The van der Waals surface area contributed by atoms with Gasteiger partial charge in [0.05, 0.1) is 6.04 Å². The quantitative estimate of drug-likeness (QED) is 0.122. The van der Waals surface area contributed by atoms with E-state index in [2.05, 4.69) is 204 Å². The summed E-state index contributed by atoms with van der Waals surface area (Å²) in [6, 6.07) is 41.3. The van der Waals surface area contributed by atoms with Crippen LogP contribution in [0.25, 0.3) is 55.3 Å². The molecule has 7 aromatic rings. The Morgan fingerprint density at radius 1 is 0.815 bits per heavy atom. The van der Waals surface area contributed by atoms with Gasteiger partial charge in [-0.1, -0.05) is 168 Å². The molecule has 0 aliphatic heterocycles. The molecule has 5 aliphatic rings. The van der Waals surface area contributed by atoms with E-state index >= 15 is 0 Å². The first-order valence-electron chi connectivity index (χ1n) is 23.9. The van der Waals surface area contributed by atoms with E-state index < -0.39 is 0 Å². The fourth-order valence-electron chi connectivity index (χ4n) is 13.7. The molecule has 0 fully saturated rings. The topological polar surface area (TPSA) is 16.4 Å². The van der Waals surface area contributed by atoms with Crippen LogP contribution in [0.2, 0.25) is 0 Å². The number of fused-ring (bicyclic) bond motifs is 14. The van der Waals surface area contributed by atoms with E-state index in [4.69, 9.17) is 4.42 Å². The first-order valence-corrected chi connectivity index (χ1v) is 23.9. The molecule has 0 amide bonds. The minimum Gasteiger partial charge on any atom is -0.460 e. The molecule has 5 atom stereocenters. The van der Waals surface area contributed by atoms with Crippen LogP contribution in [-0.4, -0.2) is 12.1 Å². The van der Waals surface area contributed by atoms with Crippen LogP contribution in [0.5, 0.6) is 0 Å². The molecule has 0 spiro atoms. The molecule has 12 rings (SSSR count). The van der Waals surface area contributed by atoms with Gasteiger partial charge in [-0.25, -0.2) is 0 Å². The summed E-state index contributed by atoms with van der Waals surface area (Å²) in [6.07, 6.45) is 21.4. The van der Waals surface area contributed by atoms with Crippen LogP contribution < -0.4 is 4.90 Å². The summed E-state index contributed by atoms with van der Waals surface area (Å²) in [5.41, 5.74) is 20.7. The Labute approximate surface area is 384 Å². The highest BCUT2D eigenvalue weighted by molar-refractivity contribution is 6.14. The number of nitrogens with zero attached hydrogens (tertiary/aromatic N) is 1. The van der Waals surface area contributed by atoms with Crippen molar-refractivity contribution < 1.29 is 4.42 Å². The van der Waals surface area contributed by atoms with Crippen LogP contribution in [0.4, 0.5) is 5.69 Å². The van der Waals surface area contributed by atoms with Gasteiger partial charge in [-0.05, 0) is 139 Å². The van der Waals surface area contributed by atoms with E-state index in [1.54, 1.807) is 5.57 Å². The Kier molecular flexibility index (Phi) is 9.04. The van der Waals surface area contributed by atoms with Gasteiger partial charge in [-0.3, -0.25) is 0 Å². The van der Waals surface area contributed by atoms with Crippen LogP contribution >= 0.6 is 0 Å². The van der Waals surface area contributed by atoms with Crippen molar-refractivity contribution in [1.29, 1.82) is 0 Å². The lowest BCUT2D eigenvalue weighted by Gasteiger charge is -2.44. The van der Waals surface area contributed by atoms with Gasteiger partial charge in [-0.15, -0.1) is 5.73 Å². The summed E-state index contributed by atoms with van der Waals surface area (Å²) in [5, 5.41) is 6.45. The van der Waals surface area contributed by atoms with Crippen molar-refractivity contribution in [2.45, 2.75) is 89.6 Å². The molecular weight excluding hydrogens is 787 g/mol. The van der Waals surface area contributed by atoms with Crippen molar-refractivity contribution in [1.82, 2.24) is 0 Å². The van der Waals surface area contributed by atoms with Crippen molar-refractivity contribution in [2.75, 3.05) is 4.90 Å². The summed E-state index contributed by atoms with van der Waals surface area (Å²) in [4.78, 5) is 2.74. The number of hydrogen-bond donors (Lipinski definition) is 0. The molecule has 1 aromatic heterocycles. The van der Waals surface area contributed by atoms with Gasteiger partial charge in [0.25, 0.3) is 0 Å². The third-order valence-corrected chi connectivity index (χ3v) is 16.4. The lowest BCUT2D eigenvalue weighted by Crippen LogP contribution is -2.47. The highest BCUT2D eigenvalue weighted by Gasteiger charge is 2.52. The number of anilines is 1. The third-order valence-electron chi connectivity index (χ3n) is 16.4. The van der Waals surface area contributed by atoms with Gasteiger partial charge >= 0.3 is 0 Å². The number of aryl methyl sites for hydroxylation is 1. The van der Waals surface area contributed by atoms with Crippen LogP contribution in [0.15, 0.2) is 168 Å². The average molecular weight is 844 g/mol. The monoisotopic (exact) mass is 843 g/mol. The number of furan rings is 1. The Morgan fingerprint density at radius 2 is 1.55 bits per heavy atom. The number of allylic oxidation sites excluding steroid dienone is 7. The second-order valence-electron chi connectivity index (χ2n) is 20.5. The third kappa shape index (κ3) is 5.79. The normalized spacial score (nSPS) is 22.9. The molecule has 0 saturated heterocycles. The molecule has 2 nitrogen and oxygen atoms in total. The van der Waals surface area contributed by atoms with Crippen molar-refractivity contribution >= 4 is 61.0 Å². The Hall–Kier alpha value is -6.60. The molecule has 2 heteroatoms. The van der Waals surface area contributed by atoms with Gasteiger partial charge < -0.3 is 9.32 Å². The highest BCUT2D eigenvalue weighted by atomic mass is 16.3. The predicted molar refractivity (Wildman–Crippen MR) is 276 cm³/mol. The maximum absolute atomic E-state index is 7.49. The van der Waals surface area contributed by atoms with Crippen molar-refractivity contribution in [2.24, 2.45) is 11.8 Å². The number of hydrogen-bond acceptors (Lipinski definition) is 2. The van der Waals surface area contributed by atoms with Crippen molar-refractivity contribution in [3.63, 3.8) is 0 Å². The lowest BCUT2D eigenvalue weighted by atomic mass is 9.67. The molecule has 0 saturated carbocycles. The number of para-hydroxylation sites is 1. The van der Waals surface area contributed by atoms with E-state index in [-0.39, 0.29) is 28.7 Å². The summed E-state index contributed by atoms with van der Waals surface area (Å²) in [7, 11) is 0. The van der Waals surface area contributed by atoms with E-state index in [0.717, 1.165) is 36.2 Å². The molecule has 65 heavy (non-hydrogen) atoms. The molecule has 5 unspecified atom stereocenters. The summed E-state index contributed by atoms with van der Waals surface area (Å²) >= 11 is 0. The summed E-state index contributed by atoms with van der Waals surface area (Å²) in [6.45, 7) is 18.4. The van der Waals surface area contributed by atoms with Crippen LogP contribution in [-0.2, 0) is 17.3 Å². The Balaban J connectivity index is 0.984. The molecule has 320 valence electrons. The number of rotatable bonds is 6. The molecule has 0 N–H and O–H groups in total. The van der Waals surface area contributed by atoms with Gasteiger partial charge in [-0.2, -0.15) is 0 Å². The minimum atomic E-state index is -0.202. The zero-order chi connectivity index (χ0) is 44.4. The molecular formula is C63H57NO. The Morgan fingerprint density at radius 3 is 2.37 bits per heavy atom. The minimum absolute atomic E-state index is 0.0836. The molecule has 1 heterocycles. The SMILES string of the molecule is C=CC=C=C(C)c1c(C2=CC=CC3c4c(c5ccccc5c5c6c(oc45)CC(N(c4ccccc4)C4CC=C5c7ccccc7C(C)(C)C5C4)C=C6)C(C)(C)C23)cc2ccccc2c1C. The van der Waals surface area contributed by atoms with Gasteiger partial charge in [0.15, 0.2) is 0 Å². The molecule has 0 bridgehead atoms. The maximum atomic E-state index is 7.49. The Bertz CT molecular complexity index is 3350. The summed E-state index contributed by atoms with van der Waals surface area (Å²) < 4.78 is 7.49. The second kappa shape index (κ2) is 14.7. The largest absolute Gasteiger partial charge is 0.460 e. The molecule has 5 aliphatic carbocycles. The molecule has 6 aromatic carbocycles. The zero-order valence-electron chi connectivity index (χ0n) is 38.6. The van der Waals surface area contributed by atoms with Gasteiger partial charge in [0.2, 0.25) is 0 Å². The van der Waals surface area contributed by atoms with Crippen LogP contribution in [0.1, 0.15) is 104 Å². The fraction of sp³-hybridized carbons (Fsp3) is 0.254. The fourth-order valence-corrected chi connectivity index (χ4v) is 13.7.